The van der Waals surface area contributed by atoms with Gasteiger partial charge in [-0.25, -0.2) is 0 Å². The minimum Gasteiger partial charge on any atom is -0.353 e. The highest BCUT2D eigenvalue weighted by molar-refractivity contribution is 5.87. The van der Waals surface area contributed by atoms with Gasteiger partial charge in [0.05, 0.1) is 0 Å². The van der Waals surface area contributed by atoms with E-state index in [1.165, 1.54) is 12.8 Å². The smallest absolute Gasteiger partial charge is 0.243 e. The standard InChI is InChI=1S/C10H17NO/c1-8(2)7-10(12)11-6-5-9-3-4-9/h7,9H,3-6H2,1-2H3,(H,11,12). The van der Waals surface area contributed by atoms with Crippen molar-refractivity contribution in [3.8, 4) is 0 Å². The van der Waals surface area contributed by atoms with Gasteiger partial charge in [-0.2, -0.15) is 0 Å². The number of rotatable bonds is 4. The molecule has 0 bridgehead atoms. The molecule has 0 heterocycles. The number of allylic oxidation sites excluding steroid dienone is 1. The number of amides is 1. The van der Waals surface area contributed by atoms with E-state index in [9.17, 15) is 4.79 Å². The van der Waals surface area contributed by atoms with E-state index in [-0.39, 0.29) is 5.91 Å². The van der Waals surface area contributed by atoms with Gasteiger partial charge in [0.15, 0.2) is 0 Å². The van der Waals surface area contributed by atoms with Crippen LogP contribution in [0.5, 0.6) is 0 Å². The maximum atomic E-state index is 11.1. The van der Waals surface area contributed by atoms with E-state index in [0.29, 0.717) is 0 Å². The van der Waals surface area contributed by atoms with Crippen LogP contribution in [-0.2, 0) is 4.79 Å². The van der Waals surface area contributed by atoms with E-state index < -0.39 is 0 Å². The molecule has 1 saturated carbocycles. The quantitative estimate of drug-likeness (QED) is 0.636. The molecule has 1 amide bonds. The van der Waals surface area contributed by atoms with Crippen LogP contribution in [0.25, 0.3) is 0 Å². The van der Waals surface area contributed by atoms with Gasteiger partial charge in [0.1, 0.15) is 0 Å². The molecule has 1 aliphatic carbocycles. The molecule has 0 aromatic carbocycles. The largest absolute Gasteiger partial charge is 0.353 e. The molecule has 1 aliphatic rings. The number of hydrogen-bond acceptors (Lipinski definition) is 1. The van der Waals surface area contributed by atoms with Crippen molar-refractivity contribution in [1.82, 2.24) is 5.32 Å². The Balaban J connectivity index is 2.04. The molecule has 0 aromatic rings. The third kappa shape index (κ3) is 4.16. The maximum Gasteiger partial charge on any atom is 0.243 e. The Hall–Kier alpha value is -0.790. The van der Waals surface area contributed by atoms with Gasteiger partial charge in [-0.3, -0.25) is 4.79 Å². The van der Waals surface area contributed by atoms with Crippen LogP contribution >= 0.6 is 0 Å². The van der Waals surface area contributed by atoms with Crippen molar-refractivity contribution in [2.75, 3.05) is 6.54 Å². The summed E-state index contributed by atoms with van der Waals surface area (Å²) in [5.41, 5.74) is 1.05. The summed E-state index contributed by atoms with van der Waals surface area (Å²) in [6, 6.07) is 0. The Kier molecular flexibility index (Phi) is 3.32. The lowest BCUT2D eigenvalue weighted by molar-refractivity contribution is -0.116. The maximum absolute atomic E-state index is 11.1. The van der Waals surface area contributed by atoms with Crippen LogP contribution in [-0.4, -0.2) is 12.5 Å². The van der Waals surface area contributed by atoms with E-state index >= 15 is 0 Å². The predicted molar refractivity (Wildman–Crippen MR) is 49.8 cm³/mol. The molecule has 0 spiro atoms. The second kappa shape index (κ2) is 4.29. The first-order chi connectivity index (χ1) is 5.68. The minimum atomic E-state index is 0.0515. The molecule has 12 heavy (non-hydrogen) atoms. The molecule has 0 atom stereocenters. The Morgan fingerprint density at radius 1 is 1.50 bits per heavy atom. The summed E-state index contributed by atoms with van der Waals surface area (Å²) in [5, 5.41) is 2.87. The summed E-state index contributed by atoms with van der Waals surface area (Å²) in [5.74, 6) is 0.952. The molecular weight excluding hydrogens is 150 g/mol. The fourth-order valence-electron chi connectivity index (χ4n) is 1.12. The van der Waals surface area contributed by atoms with Crippen LogP contribution in [0.15, 0.2) is 11.6 Å². The zero-order valence-electron chi connectivity index (χ0n) is 7.89. The average molecular weight is 167 g/mol. The zero-order chi connectivity index (χ0) is 8.97. The molecular formula is C10H17NO. The van der Waals surface area contributed by atoms with Crippen LogP contribution in [0.1, 0.15) is 33.1 Å². The van der Waals surface area contributed by atoms with Crippen LogP contribution in [0.4, 0.5) is 0 Å². The number of hydrogen-bond donors (Lipinski definition) is 1. The second-order valence-electron chi connectivity index (χ2n) is 3.74. The SMILES string of the molecule is CC(C)=CC(=O)NCCC1CC1. The molecule has 0 aliphatic heterocycles. The van der Waals surface area contributed by atoms with Gasteiger partial charge in [-0.1, -0.05) is 18.4 Å². The molecule has 0 radical (unpaired) electrons. The van der Waals surface area contributed by atoms with Crippen LogP contribution in [0.3, 0.4) is 0 Å². The van der Waals surface area contributed by atoms with E-state index in [1.807, 2.05) is 13.8 Å². The Labute approximate surface area is 74.0 Å². The van der Waals surface area contributed by atoms with Crippen LogP contribution < -0.4 is 5.32 Å². The lowest BCUT2D eigenvalue weighted by Crippen LogP contribution is -2.22. The fraction of sp³-hybridized carbons (Fsp3) is 0.700. The Morgan fingerprint density at radius 3 is 2.67 bits per heavy atom. The van der Waals surface area contributed by atoms with Crippen molar-refractivity contribution in [2.45, 2.75) is 33.1 Å². The van der Waals surface area contributed by atoms with Crippen molar-refractivity contribution in [3.63, 3.8) is 0 Å². The van der Waals surface area contributed by atoms with Gasteiger partial charge in [0, 0.05) is 12.6 Å². The van der Waals surface area contributed by atoms with Crippen molar-refractivity contribution >= 4 is 5.91 Å². The third-order valence-corrected chi connectivity index (χ3v) is 1.97. The number of carbonyl (C=O) groups excluding carboxylic acids is 1. The molecule has 2 nitrogen and oxygen atoms in total. The Morgan fingerprint density at radius 2 is 2.17 bits per heavy atom. The lowest BCUT2D eigenvalue weighted by Gasteiger charge is -2.00. The van der Waals surface area contributed by atoms with Gasteiger partial charge in [0.25, 0.3) is 0 Å². The van der Waals surface area contributed by atoms with Gasteiger partial charge in [-0.15, -0.1) is 0 Å². The molecule has 1 N–H and O–H groups in total. The number of nitrogens with one attached hydrogen (secondary N) is 1. The first-order valence-electron chi connectivity index (χ1n) is 4.61. The summed E-state index contributed by atoms with van der Waals surface area (Å²) in [6.07, 6.45) is 5.52. The van der Waals surface area contributed by atoms with E-state index in [2.05, 4.69) is 5.32 Å². The highest BCUT2D eigenvalue weighted by atomic mass is 16.1. The topological polar surface area (TPSA) is 29.1 Å². The summed E-state index contributed by atoms with van der Waals surface area (Å²) in [7, 11) is 0. The van der Waals surface area contributed by atoms with Gasteiger partial charge in [0.2, 0.25) is 5.91 Å². The van der Waals surface area contributed by atoms with Gasteiger partial charge < -0.3 is 5.32 Å². The molecule has 0 unspecified atom stereocenters. The van der Waals surface area contributed by atoms with Crippen molar-refractivity contribution in [2.24, 2.45) is 5.92 Å². The van der Waals surface area contributed by atoms with Crippen molar-refractivity contribution in [3.05, 3.63) is 11.6 Å². The van der Waals surface area contributed by atoms with E-state index in [0.717, 1.165) is 24.5 Å². The highest BCUT2D eigenvalue weighted by Gasteiger charge is 2.20. The summed E-state index contributed by atoms with van der Waals surface area (Å²) in [4.78, 5) is 11.1. The molecule has 2 heteroatoms. The monoisotopic (exact) mass is 167 g/mol. The summed E-state index contributed by atoms with van der Waals surface area (Å²) >= 11 is 0. The van der Waals surface area contributed by atoms with Crippen molar-refractivity contribution < 1.29 is 4.79 Å². The second-order valence-corrected chi connectivity index (χ2v) is 3.74. The van der Waals surface area contributed by atoms with Gasteiger partial charge in [-0.05, 0) is 26.2 Å². The van der Waals surface area contributed by atoms with Crippen LogP contribution in [0.2, 0.25) is 0 Å². The molecule has 0 saturated heterocycles. The summed E-state index contributed by atoms with van der Waals surface area (Å²) in [6.45, 7) is 4.70. The Bertz CT molecular complexity index is 188. The third-order valence-electron chi connectivity index (χ3n) is 1.97. The average Bonchev–Trinajstić information content (AvgIpc) is 2.69. The molecule has 0 aromatic heterocycles. The van der Waals surface area contributed by atoms with E-state index in [1.54, 1.807) is 6.08 Å². The van der Waals surface area contributed by atoms with Crippen molar-refractivity contribution in [1.29, 1.82) is 0 Å². The molecule has 68 valence electrons. The van der Waals surface area contributed by atoms with E-state index in [4.69, 9.17) is 0 Å². The normalized spacial score (nSPS) is 15.5. The lowest BCUT2D eigenvalue weighted by atomic mass is 10.3. The number of carbonyl (C=O) groups is 1. The molecule has 1 rings (SSSR count). The zero-order valence-corrected chi connectivity index (χ0v) is 7.89. The minimum absolute atomic E-state index is 0.0515. The highest BCUT2D eigenvalue weighted by Crippen LogP contribution is 2.31. The molecule has 1 fully saturated rings. The predicted octanol–water partition coefficient (Wildman–Crippen LogP) is 1.87. The fourth-order valence-corrected chi connectivity index (χ4v) is 1.12. The van der Waals surface area contributed by atoms with Gasteiger partial charge >= 0.3 is 0 Å². The van der Waals surface area contributed by atoms with Crippen LogP contribution in [0, 0.1) is 5.92 Å². The first-order valence-corrected chi connectivity index (χ1v) is 4.61. The summed E-state index contributed by atoms with van der Waals surface area (Å²) < 4.78 is 0. The first kappa shape index (κ1) is 9.30.